The molecule has 0 spiro atoms. The lowest BCUT2D eigenvalue weighted by molar-refractivity contribution is -0.127. The summed E-state index contributed by atoms with van der Waals surface area (Å²) in [5.41, 5.74) is 1.23. The predicted octanol–water partition coefficient (Wildman–Crippen LogP) is 2.57. The zero-order chi connectivity index (χ0) is 17.6. The third-order valence-electron chi connectivity index (χ3n) is 4.44. The summed E-state index contributed by atoms with van der Waals surface area (Å²) in [6, 6.07) is 8.03. The summed E-state index contributed by atoms with van der Waals surface area (Å²) in [4.78, 5) is 23.8. The van der Waals surface area contributed by atoms with Gasteiger partial charge in [0.1, 0.15) is 5.75 Å². The van der Waals surface area contributed by atoms with Crippen LogP contribution in [0.1, 0.15) is 18.9 Å². The minimum absolute atomic E-state index is 0.184. The van der Waals surface area contributed by atoms with Crippen molar-refractivity contribution < 1.29 is 9.53 Å². The fourth-order valence-electron chi connectivity index (χ4n) is 3.21. The maximum absolute atomic E-state index is 11.4. The quantitative estimate of drug-likeness (QED) is 0.809. The number of hydrogen-bond donors (Lipinski definition) is 0. The van der Waals surface area contributed by atoms with E-state index in [0.717, 1.165) is 38.3 Å². The van der Waals surface area contributed by atoms with Crippen LogP contribution in [0.3, 0.4) is 0 Å². The average molecular weight is 340 g/mol. The van der Waals surface area contributed by atoms with Gasteiger partial charge in [-0.05, 0) is 37.1 Å². The van der Waals surface area contributed by atoms with E-state index < -0.39 is 0 Å². The van der Waals surface area contributed by atoms with Gasteiger partial charge in [0.25, 0.3) is 0 Å². The summed E-state index contributed by atoms with van der Waals surface area (Å²) in [6.45, 7) is 5.30. The second-order valence-corrected chi connectivity index (χ2v) is 6.61. The molecule has 6 nitrogen and oxygen atoms in total. The monoisotopic (exact) mass is 340 g/mol. The molecule has 1 aromatic heterocycles. The van der Waals surface area contributed by atoms with Crippen LogP contribution in [0.15, 0.2) is 42.9 Å². The minimum atomic E-state index is 0.184. The van der Waals surface area contributed by atoms with Crippen LogP contribution in [0, 0.1) is 5.92 Å². The van der Waals surface area contributed by atoms with E-state index in [0.29, 0.717) is 11.8 Å². The second-order valence-electron chi connectivity index (χ2n) is 6.61. The van der Waals surface area contributed by atoms with Gasteiger partial charge in [-0.1, -0.05) is 12.1 Å². The molecule has 0 bridgehead atoms. The largest absolute Gasteiger partial charge is 0.438 e. The molecule has 1 aliphatic heterocycles. The number of likely N-dealkylation sites (tertiary alicyclic amines) is 1. The highest BCUT2D eigenvalue weighted by Crippen LogP contribution is 2.21. The van der Waals surface area contributed by atoms with Gasteiger partial charge in [0.2, 0.25) is 11.8 Å². The lowest BCUT2D eigenvalue weighted by atomic mass is 10.1. The Morgan fingerprint density at radius 3 is 2.76 bits per heavy atom. The van der Waals surface area contributed by atoms with Crippen LogP contribution in [-0.2, 0) is 11.3 Å². The van der Waals surface area contributed by atoms with E-state index in [9.17, 15) is 4.79 Å². The first-order valence-electron chi connectivity index (χ1n) is 8.57. The normalized spacial score (nSPS) is 17.1. The third-order valence-corrected chi connectivity index (χ3v) is 4.44. The number of benzene rings is 1. The Morgan fingerprint density at radius 1 is 1.32 bits per heavy atom. The first kappa shape index (κ1) is 17.4. The van der Waals surface area contributed by atoms with Crippen molar-refractivity contribution in [1.29, 1.82) is 0 Å². The second kappa shape index (κ2) is 8.07. The van der Waals surface area contributed by atoms with Crippen molar-refractivity contribution in [3.8, 4) is 11.6 Å². The highest BCUT2D eigenvalue weighted by Gasteiger charge is 2.24. The zero-order valence-electron chi connectivity index (χ0n) is 14.8. The van der Waals surface area contributed by atoms with Crippen LogP contribution < -0.4 is 4.74 Å². The standard InChI is InChI=1S/C19H24N4O2/c1-15(24)23-10-7-17(14-23)13-22(2)12-16-3-5-18(6-4-16)25-19-11-20-8-9-21-19/h3-6,8-9,11,17H,7,10,12-14H2,1-2H3. The number of amides is 1. The molecule has 25 heavy (non-hydrogen) atoms. The number of rotatable bonds is 6. The summed E-state index contributed by atoms with van der Waals surface area (Å²) >= 11 is 0. The maximum atomic E-state index is 11.4. The third kappa shape index (κ3) is 5.00. The highest BCUT2D eigenvalue weighted by atomic mass is 16.5. The molecule has 0 radical (unpaired) electrons. The van der Waals surface area contributed by atoms with E-state index in [1.165, 1.54) is 5.56 Å². The van der Waals surface area contributed by atoms with E-state index in [2.05, 4.69) is 34.0 Å². The van der Waals surface area contributed by atoms with Crippen molar-refractivity contribution in [1.82, 2.24) is 19.8 Å². The molecule has 1 unspecified atom stereocenters. The number of ether oxygens (including phenoxy) is 1. The van der Waals surface area contributed by atoms with Gasteiger partial charge in [0.15, 0.2) is 0 Å². The molecule has 2 aromatic rings. The average Bonchev–Trinajstić information content (AvgIpc) is 3.06. The van der Waals surface area contributed by atoms with E-state index in [1.54, 1.807) is 25.5 Å². The van der Waals surface area contributed by atoms with E-state index >= 15 is 0 Å². The molecule has 0 aliphatic carbocycles. The van der Waals surface area contributed by atoms with Crippen molar-refractivity contribution in [2.75, 3.05) is 26.7 Å². The molecule has 0 saturated carbocycles. The minimum Gasteiger partial charge on any atom is -0.438 e. The lowest BCUT2D eigenvalue weighted by Gasteiger charge is -2.21. The van der Waals surface area contributed by atoms with Gasteiger partial charge >= 0.3 is 0 Å². The van der Waals surface area contributed by atoms with Crippen molar-refractivity contribution in [3.05, 3.63) is 48.4 Å². The van der Waals surface area contributed by atoms with Crippen molar-refractivity contribution in [2.45, 2.75) is 19.9 Å². The summed E-state index contributed by atoms with van der Waals surface area (Å²) in [6.07, 6.45) is 5.91. The van der Waals surface area contributed by atoms with Crippen LogP contribution in [0.5, 0.6) is 11.6 Å². The molecule has 2 heterocycles. The summed E-state index contributed by atoms with van der Waals surface area (Å²) in [5, 5.41) is 0. The predicted molar refractivity (Wildman–Crippen MR) is 95.2 cm³/mol. The molecule has 1 fully saturated rings. The highest BCUT2D eigenvalue weighted by molar-refractivity contribution is 5.73. The van der Waals surface area contributed by atoms with Gasteiger partial charge in [0.05, 0.1) is 6.20 Å². The molecule has 6 heteroatoms. The van der Waals surface area contributed by atoms with Crippen molar-refractivity contribution >= 4 is 5.91 Å². The summed E-state index contributed by atoms with van der Waals surface area (Å²) in [5.74, 6) is 1.99. The van der Waals surface area contributed by atoms with Gasteiger partial charge in [-0.25, -0.2) is 4.98 Å². The molecule has 3 rings (SSSR count). The van der Waals surface area contributed by atoms with E-state index in [-0.39, 0.29) is 5.91 Å². The number of carbonyl (C=O) groups excluding carboxylic acids is 1. The van der Waals surface area contributed by atoms with E-state index in [4.69, 9.17) is 4.74 Å². The first-order valence-corrected chi connectivity index (χ1v) is 8.57. The van der Waals surface area contributed by atoms with Gasteiger partial charge in [-0.3, -0.25) is 9.78 Å². The number of aromatic nitrogens is 2. The fraction of sp³-hybridized carbons (Fsp3) is 0.421. The molecule has 0 N–H and O–H groups in total. The Balaban J connectivity index is 1.49. The topological polar surface area (TPSA) is 58.6 Å². The Hall–Kier alpha value is -2.47. The van der Waals surface area contributed by atoms with Crippen molar-refractivity contribution in [3.63, 3.8) is 0 Å². The van der Waals surface area contributed by atoms with Gasteiger partial charge in [-0.2, -0.15) is 0 Å². The lowest BCUT2D eigenvalue weighted by Crippen LogP contribution is -2.30. The number of hydrogen-bond acceptors (Lipinski definition) is 5. The molecule has 1 saturated heterocycles. The van der Waals surface area contributed by atoms with E-state index in [1.807, 2.05) is 17.0 Å². The van der Waals surface area contributed by atoms with Crippen LogP contribution >= 0.6 is 0 Å². The molecule has 1 aliphatic rings. The zero-order valence-corrected chi connectivity index (χ0v) is 14.8. The molecule has 1 aromatic carbocycles. The van der Waals surface area contributed by atoms with Gasteiger partial charge < -0.3 is 14.5 Å². The van der Waals surface area contributed by atoms with Gasteiger partial charge in [0, 0.05) is 45.5 Å². The smallest absolute Gasteiger partial charge is 0.237 e. The van der Waals surface area contributed by atoms with Crippen LogP contribution in [0.25, 0.3) is 0 Å². The Labute approximate surface area is 148 Å². The molecular formula is C19H24N4O2. The van der Waals surface area contributed by atoms with Crippen LogP contribution in [-0.4, -0.2) is 52.4 Å². The van der Waals surface area contributed by atoms with Crippen molar-refractivity contribution in [2.24, 2.45) is 5.92 Å². The van der Waals surface area contributed by atoms with Crippen LogP contribution in [0.4, 0.5) is 0 Å². The molecule has 1 amide bonds. The maximum Gasteiger partial charge on any atom is 0.237 e. The summed E-state index contributed by atoms with van der Waals surface area (Å²) in [7, 11) is 2.13. The Morgan fingerprint density at radius 2 is 2.12 bits per heavy atom. The SMILES string of the molecule is CC(=O)N1CCC(CN(C)Cc2ccc(Oc3cnccn3)cc2)C1. The number of nitrogens with zero attached hydrogens (tertiary/aromatic N) is 4. The summed E-state index contributed by atoms with van der Waals surface area (Å²) < 4.78 is 5.66. The Kier molecular flexibility index (Phi) is 5.60. The molecular weight excluding hydrogens is 316 g/mol. The number of carbonyl (C=O) groups is 1. The fourth-order valence-corrected chi connectivity index (χ4v) is 3.21. The molecule has 132 valence electrons. The Bertz CT molecular complexity index is 690. The van der Waals surface area contributed by atoms with Gasteiger partial charge in [-0.15, -0.1) is 0 Å². The molecule has 1 atom stereocenters. The first-order chi connectivity index (χ1) is 12.1. The van der Waals surface area contributed by atoms with Crippen LogP contribution in [0.2, 0.25) is 0 Å².